The Morgan fingerprint density at radius 2 is 1.97 bits per heavy atom. The number of nitrogens with zero attached hydrogens (tertiary/aromatic N) is 4. The van der Waals surface area contributed by atoms with Gasteiger partial charge in [-0.25, -0.2) is 13.1 Å². The summed E-state index contributed by atoms with van der Waals surface area (Å²) in [6.45, 7) is -1.99. The standard InChI is InChI=1S/C21H19F3N6O3S/c22-21(23,24)12-29-10-13-9-14(3-4-16(13)34(29,32)33)27-18-17-15(5-8-26-19(17)31)30(28-18)20(11-25)6-1-2-7-20/h3-5,8-9H,1-2,6-7,10,12H2,(H,26,31)(H,27,28). The van der Waals surface area contributed by atoms with E-state index in [9.17, 15) is 31.6 Å². The molecule has 1 aliphatic carbocycles. The largest absolute Gasteiger partial charge is 0.402 e. The van der Waals surface area contributed by atoms with Crippen LogP contribution in [0.25, 0.3) is 10.9 Å². The molecule has 0 unspecified atom stereocenters. The fourth-order valence-corrected chi connectivity index (χ4v) is 6.34. The van der Waals surface area contributed by atoms with Gasteiger partial charge >= 0.3 is 6.18 Å². The molecule has 13 heteroatoms. The van der Waals surface area contributed by atoms with E-state index in [2.05, 4.69) is 21.5 Å². The molecule has 3 aromatic rings. The summed E-state index contributed by atoms with van der Waals surface area (Å²) in [7, 11) is -4.25. The van der Waals surface area contributed by atoms with Gasteiger partial charge in [-0.1, -0.05) is 0 Å². The van der Waals surface area contributed by atoms with Gasteiger partial charge in [-0.3, -0.25) is 4.79 Å². The molecule has 34 heavy (non-hydrogen) atoms. The maximum Gasteiger partial charge on any atom is 0.402 e. The lowest BCUT2D eigenvalue weighted by molar-refractivity contribution is -0.136. The van der Waals surface area contributed by atoms with Gasteiger partial charge in [0.25, 0.3) is 5.56 Å². The van der Waals surface area contributed by atoms with Crippen LogP contribution in [0.2, 0.25) is 0 Å². The number of hydrogen-bond donors (Lipinski definition) is 2. The van der Waals surface area contributed by atoms with Gasteiger partial charge in [0.15, 0.2) is 5.82 Å². The lowest BCUT2D eigenvalue weighted by Crippen LogP contribution is -2.34. The second kappa shape index (κ2) is 7.57. The topological polar surface area (TPSA) is 124 Å². The van der Waals surface area contributed by atoms with Crippen molar-refractivity contribution in [2.75, 3.05) is 11.9 Å². The number of fused-ring (bicyclic) bond motifs is 2. The molecular formula is C21H19F3N6O3S. The fraction of sp³-hybridized carbons (Fsp3) is 0.381. The van der Waals surface area contributed by atoms with Crippen LogP contribution in [-0.4, -0.2) is 40.2 Å². The van der Waals surface area contributed by atoms with Crippen LogP contribution in [0.15, 0.2) is 40.2 Å². The fourth-order valence-electron chi connectivity index (χ4n) is 4.75. The Hall–Kier alpha value is -3.37. The number of nitriles is 1. The first-order valence-corrected chi connectivity index (χ1v) is 12.0. The smallest absolute Gasteiger partial charge is 0.338 e. The molecule has 3 heterocycles. The van der Waals surface area contributed by atoms with Crippen LogP contribution in [0.1, 0.15) is 31.2 Å². The molecule has 5 rings (SSSR count). The lowest BCUT2D eigenvalue weighted by Gasteiger charge is -2.21. The highest BCUT2D eigenvalue weighted by Crippen LogP contribution is 2.40. The number of H-pyrrole nitrogens is 1. The highest BCUT2D eigenvalue weighted by molar-refractivity contribution is 7.89. The monoisotopic (exact) mass is 492 g/mol. The molecule has 1 fully saturated rings. The number of alkyl halides is 3. The van der Waals surface area contributed by atoms with Crippen molar-refractivity contribution in [3.8, 4) is 6.07 Å². The SMILES string of the molecule is N#CC1(n2nc(Nc3ccc4c(c3)CN(CC(F)(F)F)S4(=O)=O)c3c(=O)[nH]ccc32)CCCC1. The summed E-state index contributed by atoms with van der Waals surface area (Å²) >= 11 is 0. The first kappa shape index (κ1) is 22.4. The van der Waals surface area contributed by atoms with Crippen molar-refractivity contribution in [1.82, 2.24) is 19.1 Å². The molecular weight excluding hydrogens is 473 g/mol. The van der Waals surface area contributed by atoms with E-state index in [0.29, 0.717) is 28.4 Å². The summed E-state index contributed by atoms with van der Waals surface area (Å²) in [4.78, 5) is 15.0. The van der Waals surface area contributed by atoms with Crippen LogP contribution in [0.5, 0.6) is 0 Å². The Bertz CT molecular complexity index is 1500. The summed E-state index contributed by atoms with van der Waals surface area (Å²) in [6.07, 6.45) is -0.290. The highest BCUT2D eigenvalue weighted by Gasteiger charge is 2.42. The molecule has 0 saturated heterocycles. The second-order valence-electron chi connectivity index (χ2n) is 8.51. The number of aromatic nitrogens is 3. The molecule has 1 saturated carbocycles. The van der Waals surface area contributed by atoms with E-state index < -0.39 is 40.4 Å². The predicted molar refractivity (Wildman–Crippen MR) is 116 cm³/mol. The Kier molecular flexibility index (Phi) is 4.99. The number of sulfonamides is 1. The van der Waals surface area contributed by atoms with Gasteiger partial charge in [0.1, 0.15) is 17.5 Å². The summed E-state index contributed by atoms with van der Waals surface area (Å²) in [5.74, 6) is 0.173. The third kappa shape index (κ3) is 3.54. The van der Waals surface area contributed by atoms with Gasteiger partial charge in [0.05, 0.1) is 16.5 Å². The third-order valence-electron chi connectivity index (χ3n) is 6.29. The minimum Gasteiger partial charge on any atom is -0.338 e. The first-order valence-electron chi connectivity index (χ1n) is 10.5. The van der Waals surface area contributed by atoms with E-state index in [1.165, 1.54) is 24.4 Å². The van der Waals surface area contributed by atoms with E-state index >= 15 is 0 Å². The number of nitrogens with one attached hydrogen (secondary N) is 2. The molecule has 9 nitrogen and oxygen atoms in total. The summed E-state index contributed by atoms with van der Waals surface area (Å²) in [6, 6.07) is 8.08. The maximum atomic E-state index is 12.8. The van der Waals surface area contributed by atoms with Crippen molar-refractivity contribution in [1.29, 1.82) is 5.26 Å². The quantitative estimate of drug-likeness (QED) is 0.576. The molecule has 1 aromatic carbocycles. The molecule has 178 valence electrons. The third-order valence-corrected chi connectivity index (χ3v) is 8.18. The van der Waals surface area contributed by atoms with Crippen LogP contribution < -0.4 is 10.9 Å². The van der Waals surface area contributed by atoms with E-state index in [4.69, 9.17) is 0 Å². The van der Waals surface area contributed by atoms with E-state index in [0.717, 1.165) is 12.8 Å². The van der Waals surface area contributed by atoms with Crippen molar-refractivity contribution in [3.05, 3.63) is 46.4 Å². The average molecular weight is 492 g/mol. The number of halogens is 3. The number of anilines is 2. The van der Waals surface area contributed by atoms with E-state index in [1.54, 1.807) is 10.7 Å². The zero-order chi connectivity index (χ0) is 24.3. The summed E-state index contributed by atoms with van der Waals surface area (Å²) < 4.78 is 65.4. The summed E-state index contributed by atoms with van der Waals surface area (Å²) in [5, 5.41) is 17.7. The molecule has 0 spiro atoms. The van der Waals surface area contributed by atoms with Gasteiger partial charge in [-0.15, -0.1) is 0 Å². The van der Waals surface area contributed by atoms with Crippen molar-refractivity contribution in [3.63, 3.8) is 0 Å². The van der Waals surface area contributed by atoms with Gasteiger partial charge in [-0.2, -0.15) is 27.8 Å². The lowest BCUT2D eigenvalue weighted by atomic mass is 10.00. The molecule has 0 atom stereocenters. The number of benzene rings is 1. The summed E-state index contributed by atoms with van der Waals surface area (Å²) in [5.41, 5.74) is -0.255. The predicted octanol–water partition coefficient (Wildman–Crippen LogP) is 3.33. The van der Waals surface area contributed by atoms with Crippen molar-refractivity contribution in [2.24, 2.45) is 0 Å². The van der Waals surface area contributed by atoms with Crippen LogP contribution in [-0.2, 0) is 22.1 Å². The Morgan fingerprint density at radius 1 is 1.24 bits per heavy atom. The minimum atomic E-state index is -4.67. The maximum absolute atomic E-state index is 12.8. The van der Waals surface area contributed by atoms with Gasteiger partial charge in [0.2, 0.25) is 10.0 Å². The zero-order valence-corrected chi connectivity index (χ0v) is 18.5. The normalized spacial score (nSPS) is 19.2. The number of pyridine rings is 1. The molecule has 2 N–H and O–H groups in total. The van der Waals surface area contributed by atoms with E-state index in [-0.39, 0.29) is 21.7 Å². The van der Waals surface area contributed by atoms with Gasteiger partial charge in [0, 0.05) is 18.4 Å². The Balaban J connectivity index is 1.55. The van der Waals surface area contributed by atoms with Gasteiger partial charge in [-0.05, 0) is 55.5 Å². The van der Waals surface area contributed by atoms with Crippen LogP contribution in [0, 0.1) is 11.3 Å². The molecule has 2 aromatic heterocycles. The highest BCUT2D eigenvalue weighted by atomic mass is 32.2. The van der Waals surface area contributed by atoms with Gasteiger partial charge < -0.3 is 10.3 Å². The number of rotatable bonds is 4. The van der Waals surface area contributed by atoms with Crippen molar-refractivity contribution < 1.29 is 21.6 Å². The molecule has 0 bridgehead atoms. The molecule has 0 amide bonds. The number of hydrogen-bond acceptors (Lipinski definition) is 6. The van der Waals surface area contributed by atoms with Crippen LogP contribution >= 0.6 is 0 Å². The first-order chi connectivity index (χ1) is 16.0. The second-order valence-corrected chi connectivity index (χ2v) is 10.4. The number of aromatic amines is 1. The molecule has 2 aliphatic rings. The van der Waals surface area contributed by atoms with Crippen molar-refractivity contribution >= 4 is 32.4 Å². The Labute approximate surface area is 191 Å². The van der Waals surface area contributed by atoms with Crippen LogP contribution in [0.3, 0.4) is 0 Å². The minimum absolute atomic E-state index is 0.173. The zero-order valence-electron chi connectivity index (χ0n) is 17.7. The Morgan fingerprint density at radius 3 is 2.65 bits per heavy atom. The average Bonchev–Trinajstić information content (AvgIpc) is 3.44. The van der Waals surface area contributed by atoms with Crippen LogP contribution in [0.4, 0.5) is 24.7 Å². The van der Waals surface area contributed by atoms with E-state index in [1.807, 2.05) is 0 Å². The molecule has 1 aliphatic heterocycles. The molecule has 0 radical (unpaired) electrons. The van der Waals surface area contributed by atoms with Crippen molar-refractivity contribution in [2.45, 2.75) is 48.8 Å².